The van der Waals surface area contributed by atoms with E-state index < -0.39 is 6.04 Å². The highest BCUT2D eigenvalue weighted by atomic mass is 35.5. The number of anilines is 2. The lowest BCUT2D eigenvalue weighted by molar-refractivity contribution is -0.125. The Bertz CT molecular complexity index is 1140. The fraction of sp³-hybridized carbons (Fsp3) is 0.227. The van der Waals surface area contributed by atoms with E-state index in [0.717, 1.165) is 27.9 Å². The summed E-state index contributed by atoms with van der Waals surface area (Å²) in [6, 6.07) is 12.4. The molecule has 1 aliphatic heterocycles. The smallest absolute Gasteiger partial charge is 0.249 e. The number of carbonyl (C=O) groups excluding carboxylic acids is 2. The first-order valence-corrected chi connectivity index (χ1v) is 9.74. The molecule has 0 radical (unpaired) electrons. The van der Waals surface area contributed by atoms with Crippen LogP contribution in [-0.4, -0.2) is 21.6 Å². The highest BCUT2D eigenvalue weighted by molar-refractivity contribution is 6.30. The molecule has 0 aliphatic carbocycles. The van der Waals surface area contributed by atoms with Crippen LogP contribution >= 0.6 is 11.6 Å². The summed E-state index contributed by atoms with van der Waals surface area (Å²) in [5.74, 6) is 0.0594. The molecule has 6 nitrogen and oxygen atoms in total. The topological polar surface area (TPSA) is 76.0 Å². The molecule has 3 aromatic rings. The van der Waals surface area contributed by atoms with Gasteiger partial charge in [0.1, 0.15) is 11.9 Å². The molecule has 2 heterocycles. The van der Waals surface area contributed by atoms with Gasteiger partial charge in [0.15, 0.2) is 0 Å². The number of nitrogens with zero attached hydrogens (tertiary/aromatic N) is 2. The van der Waals surface area contributed by atoms with Crippen LogP contribution in [0.5, 0.6) is 0 Å². The first kappa shape index (κ1) is 19.2. The summed E-state index contributed by atoms with van der Waals surface area (Å²) in [6.45, 7) is 5.82. The zero-order valence-electron chi connectivity index (χ0n) is 16.4. The first-order chi connectivity index (χ1) is 13.8. The molecule has 4 rings (SSSR count). The molecule has 7 heteroatoms. The predicted octanol–water partition coefficient (Wildman–Crippen LogP) is 4.65. The molecule has 2 aromatic carbocycles. The number of amides is 2. The summed E-state index contributed by atoms with van der Waals surface area (Å²) in [5, 5.41) is 11.1. The van der Waals surface area contributed by atoms with Gasteiger partial charge in [-0.2, -0.15) is 5.10 Å². The van der Waals surface area contributed by atoms with Gasteiger partial charge in [-0.05, 0) is 44.5 Å². The Hall–Kier alpha value is -3.12. The number of hydrogen-bond acceptors (Lipinski definition) is 3. The van der Waals surface area contributed by atoms with Crippen molar-refractivity contribution in [2.24, 2.45) is 0 Å². The highest BCUT2D eigenvalue weighted by Crippen LogP contribution is 2.35. The Morgan fingerprint density at radius 1 is 1.21 bits per heavy atom. The summed E-state index contributed by atoms with van der Waals surface area (Å²) in [4.78, 5) is 25.4. The Balaban J connectivity index is 1.71. The van der Waals surface area contributed by atoms with Crippen LogP contribution in [-0.2, 0) is 9.59 Å². The summed E-state index contributed by atoms with van der Waals surface area (Å²) in [6.07, 6.45) is 0.0276. The second-order valence-electron chi connectivity index (χ2n) is 7.35. The molecule has 0 unspecified atom stereocenters. The molecule has 2 N–H and O–H groups in total. The van der Waals surface area contributed by atoms with E-state index in [-0.39, 0.29) is 18.2 Å². The van der Waals surface area contributed by atoms with Crippen LogP contribution in [0.2, 0.25) is 5.02 Å². The van der Waals surface area contributed by atoms with E-state index in [1.54, 1.807) is 10.7 Å². The second-order valence-corrected chi connectivity index (χ2v) is 7.79. The third kappa shape index (κ3) is 3.63. The van der Waals surface area contributed by atoms with Crippen molar-refractivity contribution in [1.29, 1.82) is 0 Å². The third-order valence-electron chi connectivity index (χ3n) is 5.12. The number of nitrogens with one attached hydrogen (secondary N) is 2. The quantitative estimate of drug-likeness (QED) is 0.662. The Kier molecular flexibility index (Phi) is 4.88. The van der Waals surface area contributed by atoms with Crippen LogP contribution in [0.25, 0.3) is 11.3 Å². The van der Waals surface area contributed by atoms with Crippen molar-refractivity contribution in [2.45, 2.75) is 33.2 Å². The molecule has 0 bridgehead atoms. The molecule has 0 saturated carbocycles. The Morgan fingerprint density at radius 2 is 2.00 bits per heavy atom. The van der Waals surface area contributed by atoms with Crippen molar-refractivity contribution >= 4 is 34.9 Å². The number of hydrogen-bond donors (Lipinski definition) is 2. The zero-order chi connectivity index (χ0) is 20.7. The van der Waals surface area contributed by atoms with Gasteiger partial charge in [-0.15, -0.1) is 0 Å². The predicted molar refractivity (Wildman–Crippen MR) is 114 cm³/mol. The van der Waals surface area contributed by atoms with Crippen LogP contribution in [0, 0.1) is 20.8 Å². The van der Waals surface area contributed by atoms with Crippen LogP contribution < -0.4 is 10.6 Å². The van der Waals surface area contributed by atoms with Gasteiger partial charge in [0.2, 0.25) is 11.8 Å². The highest BCUT2D eigenvalue weighted by Gasteiger charge is 2.34. The number of fused-ring (bicyclic) bond motifs is 1. The molecule has 1 aliphatic rings. The van der Waals surface area contributed by atoms with Crippen molar-refractivity contribution in [3.63, 3.8) is 0 Å². The number of aryl methyl sites for hydroxylation is 2. The second kappa shape index (κ2) is 7.37. The molecule has 1 aromatic heterocycles. The summed E-state index contributed by atoms with van der Waals surface area (Å²) < 4.78 is 1.60. The van der Waals surface area contributed by atoms with E-state index in [1.807, 2.05) is 57.2 Å². The molecular weight excluding hydrogens is 388 g/mol. The fourth-order valence-electron chi connectivity index (χ4n) is 3.62. The third-order valence-corrected chi connectivity index (χ3v) is 5.35. The van der Waals surface area contributed by atoms with E-state index in [4.69, 9.17) is 11.6 Å². The lowest BCUT2D eigenvalue weighted by atomic mass is 10.1. The molecular formula is C22H21ClN4O2. The monoisotopic (exact) mass is 408 g/mol. The van der Waals surface area contributed by atoms with E-state index in [2.05, 4.69) is 15.7 Å². The first-order valence-electron chi connectivity index (χ1n) is 9.36. The SMILES string of the molecule is Cc1ccc(NC(=O)[C@@H]2CC(=O)Nc3c(C)c(-c4cccc(Cl)c4)nn32)c(C)c1. The van der Waals surface area contributed by atoms with E-state index in [9.17, 15) is 9.59 Å². The van der Waals surface area contributed by atoms with Crippen molar-refractivity contribution < 1.29 is 9.59 Å². The maximum atomic E-state index is 13.1. The van der Waals surface area contributed by atoms with Gasteiger partial charge in [-0.1, -0.05) is 41.4 Å². The van der Waals surface area contributed by atoms with Crippen molar-refractivity contribution in [3.8, 4) is 11.3 Å². The average molecular weight is 409 g/mol. The molecule has 0 fully saturated rings. The average Bonchev–Trinajstić information content (AvgIpc) is 3.00. The van der Waals surface area contributed by atoms with Crippen molar-refractivity contribution in [3.05, 3.63) is 64.2 Å². The summed E-state index contributed by atoms with van der Waals surface area (Å²) in [5.41, 5.74) is 5.13. The van der Waals surface area contributed by atoms with Crippen molar-refractivity contribution in [1.82, 2.24) is 9.78 Å². The van der Waals surface area contributed by atoms with Crippen LogP contribution in [0.3, 0.4) is 0 Å². The Labute approximate surface area is 173 Å². The minimum absolute atomic E-state index is 0.0276. The van der Waals surface area contributed by atoms with Gasteiger partial charge in [0, 0.05) is 21.8 Å². The molecule has 29 heavy (non-hydrogen) atoms. The molecule has 0 saturated heterocycles. The molecule has 2 amide bonds. The number of benzene rings is 2. The Morgan fingerprint density at radius 3 is 2.72 bits per heavy atom. The fourth-order valence-corrected chi connectivity index (χ4v) is 3.81. The summed E-state index contributed by atoms with van der Waals surface area (Å²) in [7, 11) is 0. The minimum Gasteiger partial charge on any atom is -0.324 e. The van der Waals surface area contributed by atoms with E-state index >= 15 is 0 Å². The zero-order valence-corrected chi connectivity index (χ0v) is 17.2. The molecule has 0 spiro atoms. The normalized spacial score (nSPS) is 15.6. The lowest BCUT2D eigenvalue weighted by Crippen LogP contribution is -2.36. The number of rotatable bonds is 3. The van der Waals surface area contributed by atoms with Gasteiger partial charge >= 0.3 is 0 Å². The lowest BCUT2D eigenvalue weighted by Gasteiger charge is -2.24. The van der Waals surface area contributed by atoms with Crippen LogP contribution in [0.15, 0.2) is 42.5 Å². The maximum Gasteiger partial charge on any atom is 0.249 e. The number of aromatic nitrogens is 2. The van der Waals surface area contributed by atoms with E-state index in [0.29, 0.717) is 16.5 Å². The van der Waals surface area contributed by atoms with Crippen molar-refractivity contribution in [2.75, 3.05) is 10.6 Å². The largest absolute Gasteiger partial charge is 0.324 e. The minimum atomic E-state index is -0.730. The standard InChI is InChI=1S/C22H21ClN4O2/c1-12-7-8-17(13(2)9-12)24-22(29)18-11-19(28)25-21-14(3)20(26-27(18)21)15-5-4-6-16(23)10-15/h4-10,18H,11H2,1-3H3,(H,24,29)(H,25,28)/t18-/m0/s1. The van der Waals surface area contributed by atoms with Gasteiger partial charge in [-0.25, -0.2) is 4.68 Å². The van der Waals surface area contributed by atoms with Gasteiger partial charge in [0.05, 0.1) is 12.1 Å². The number of halogens is 1. The summed E-state index contributed by atoms with van der Waals surface area (Å²) >= 11 is 6.12. The maximum absolute atomic E-state index is 13.1. The van der Waals surface area contributed by atoms with Gasteiger partial charge in [-0.3, -0.25) is 9.59 Å². The van der Waals surface area contributed by atoms with E-state index in [1.165, 1.54) is 0 Å². The van der Waals surface area contributed by atoms with Crippen LogP contribution in [0.4, 0.5) is 11.5 Å². The molecule has 148 valence electrons. The number of carbonyl (C=O) groups is 2. The van der Waals surface area contributed by atoms with Gasteiger partial charge < -0.3 is 10.6 Å². The van der Waals surface area contributed by atoms with Gasteiger partial charge in [0.25, 0.3) is 0 Å². The van der Waals surface area contributed by atoms with Crippen LogP contribution in [0.1, 0.15) is 29.2 Å². The molecule has 1 atom stereocenters.